The van der Waals surface area contributed by atoms with Gasteiger partial charge in [0.2, 0.25) is 11.9 Å². The standard InChI is InChI=1S/C15H17N5O/c1-10(2)14-17-15(19-18-14)16-13(21)9-20-8-7-11-5-3-4-6-12(11)20/h3-8,10H,9H2,1-2H3,(H2,16,17,18,19,21). The first-order valence-corrected chi connectivity index (χ1v) is 6.89. The quantitative estimate of drug-likeness (QED) is 0.772. The van der Waals surface area contributed by atoms with E-state index in [-0.39, 0.29) is 18.4 Å². The Morgan fingerprint density at radius 2 is 2.14 bits per heavy atom. The zero-order valence-electron chi connectivity index (χ0n) is 12.0. The molecule has 0 spiro atoms. The lowest BCUT2D eigenvalue weighted by Gasteiger charge is -2.04. The van der Waals surface area contributed by atoms with Gasteiger partial charge in [-0.2, -0.15) is 4.98 Å². The first-order chi connectivity index (χ1) is 10.1. The topological polar surface area (TPSA) is 75.6 Å². The van der Waals surface area contributed by atoms with Crippen molar-refractivity contribution in [2.24, 2.45) is 0 Å². The van der Waals surface area contributed by atoms with Gasteiger partial charge in [0.25, 0.3) is 0 Å². The summed E-state index contributed by atoms with van der Waals surface area (Å²) < 4.78 is 1.90. The van der Waals surface area contributed by atoms with E-state index in [1.807, 2.05) is 54.9 Å². The molecule has 1 amide bonds. The molecule has 1 aromatic carbocycles. The van der Waals surface area contributed by atoms with Crippen LogP contribution in [0.2, 0.25) is 0 Å². The molecule has 3 aromatic rings. The van der Waals surface area contributed by atoms with Crippen molar-refractivity contribution < 1.29 is 4.79 Å². The van der Waals surface area contributed by atoms with Crippen LogP contribution in [0, 0.1) is 0 Å². The SMILES string of the molecule is CC(C)c1nc(NC(=O)Cn2ccc3ccccc32)n[nH]1. The molecular formula is C15H17N5O. The lowest BCUT2D eigenvalue weighted by molar-refractivity contribution is -0.116. The summed E-state index contributed by atoms with van der Waals surface area (Å²) in [5.41, 5.74) is 1.03. The fourth-order valence-electron chi connectivity index (χ4n) is 2.19. The number of amides is 1. The van der Waals surface area contributed by atoms with Gasteiger partial charge in [-0.15, -0.1) is 5.10 Å². The number of hydrogen-bond donors (Lipinski definition) is 2. The molecule has 0 aliphatic rings. The van der Waals surface area contributed by atoms with Crippen molar-refractivity contribution in [3.63, 3.8) is 0 Å². The van der Waals surface area contributed by atoms with Crippen LogP contribution in [0.5, 0.6) is 0 Å². The molecule has 0 fully saturated rings. The third kappa shape index (κ3) is 2.79. The van der Waals surface area contributed by atoms with Crippen molar-refractivity contribution in [1.82, 2.24) is 19.7 Å². The Hall–Kier alpha value is -2.63. The maximum absolute atomic E-state index is 12.1. The molecule has 0 saturated carbocycles. The molecule has 2 N–H and O–H groups in total. The molecule has 0 atom stereocenters. The summed E-state index contributed by atoms with van der Waals surface area (Å²) in [5.74, 6) is 1.18. The summed E-state index contributed by atoms with van der Waals surface area (Å²) in [5, 5.41) is 10.6. The molecule has 6 nitrogen and oxygen atoms in total. The van der Waals surface area contributed by atoms with Crippen LogP contribution < -0.4 is 5.32 Å². The first-order valence-electron chi connectivity index (χ1n) is 6.89. The zero-order chi connectivity index (χ0) is 14.8. The van der Waals surface area contributed by atoms with Crippen LogP contribution in [0.1, 0.15) is 25.6 Å². The molecular weight excluding hydrogens is 266 g/mol. The van der Waals surface area contributed by atoms with E-state index in [4.69, 9.17) is 0 Å². The summed E-state index contributed by atoms with van der Waals surface area (Å²) in [6.07, 6.45) is 1.90. The zero-order valence-corrected chi connectivity index (χ0v) is 12.0. The average molecular weight is 283 g/mol. The fourth-order valence-corrected chi connectivity index (χ4v) is 2.19. The minimum absolute atomic E-state index is 0.148. The molecule has 0 bridgehead atoms. The van der Waals surface area contributed by atoms with Crippen molar-refractivity contribution in [3.05, 3.63) is 42.4 Å². The van der Waals surface area contributed by atoms with Crippen molar-refractivity contribution in [2.45, 2.75) is 26.3 Å². The van der Waals surface area contributed by atoms with Crippen LogP contribution in [-0.4, -0.2) is 25.7 Å². The van der Waals surface area contributed by atoms with Gasteiger partial charge in [-0.3, -0.25) is 15.2 Å². The Bertz CT molecular complexity index is 771. The highest BCUT2D eigenvalue weighted by Crippen LogP contribution is 2.15. The lowest BCUT2D eigenvalue weighted by Crippen LogP contribution is -2.19. The first kappa shape index (κ1) is 13.4. The van der Waals surface area contributed by atoms with Crippen molar-refractivity contribution in [3.8, 4) is 0 Å². The van der Waals surface area contributed by atoms with Crippen LogP contribution in [0.25, 0.3) is 10.9 Å². The number of anilines is 1. The van der Waals surface area contributed by atoms with Crippen LogP contribution in [-0.2, 0) is 11.3 Å². The van der Waals surface area contributed by atoms with Gasteiger partial charge < -0.3 is 4.57 Å². The molecule has 0 aliphatic carbocycles. The van der Waals surface area contributed by atoms with E-state index in [2.05, 4.69) is 20.5 Å². The van der Waals surface area contributed by atoms with Crippen molar-refractivity contribution in [1.29, 1.82) is 0 Å². The molecule has 0 unspecified atom stereocenters. The number of para-hydroxylation sites is 1. The average Bonchev–Trinajstić information content (AvgIpc) is 3.07. The van der Waals surface area contributed by atoms with Gasteiger partial charge >= 0.3 is 0 Å². The Morgan fingerprint density at radius 1 is 1.33 bits per heavy atom. The van der Waals surface area contributed by atoms with Crippen molar-refractivity contribution >= 4 is 22.8 Å². The van der Waals surface area contributed by atoms with E-state index in [0.29, 0.717) is 5.95 Å². The number of carbonyl (C=O) groups excluding carboxylic acids is 1. The molecule has 2 heterocycles. The number of fused-ring (bicyclic) bond motifs is 1. The van der Waals surface area contributed by atoms with E-state index >= 15 is 0 Å². The molecule has 6 heteroatoms. The summed E-state index contributed by atoms with van der Waals surface area (Å²) >= 11 is 0. The van der Waals surface area contributed by atoms with Gasteiger partial charge in [0, 0.05) is 17.6 Å². The van der Waals surface area contributed by atoms with Crippen LogP contribution in [0.15, 0.2) is 36.5 Å². The number of benzene rings is 1. The van der Waals surface area contributed by atoms with Gasteiger partial charge in [-0.25, -0.2) is 0 Å². The van der Waals surface area contributed by atoms with E-state index in [1.165, 1.54) is 0 Å². The molecule has 21 heavy (non-hydrogen) atoms. The number of aromatic nitrogens is 4. The number of rotatable bonds is 4. The number of H-pyrrole nitrogens is 1. The summed E-state index contributed by atoms with van der Waals surface area (Å²) in [6.45, 7) is 4.26. The number of aromatic amines is 1. The van der Waals surface area contributed by atoms with Gasteiger partial charge in [-0.1, -0.05) is 32.0 Å². The maximum atomic E-state index is 12.1. The van der Waals surface area contributed by atoms with Crippen molar-refractivity contribution in [2.75, 3.05) is 5.32 Å². The normalized spacial score (nSPS) is 11.2. The Kier molecular flexibility index (Phi) is 3.43. The number of carbonyl (C=O) groups is 1. The van der Waals surface area contributed by atoms with Crippen LogP contribution in [0.3, 0.4) is 0 Å². The lowest BCUT2D eigenvalue weighted by atomic mass is 10.2. The highest BCUT2D eigenvalue weighted by atomic mass is 16.2. The second-order valence-electron chi connectivity index (χ2n) is 5.25. The Labute approximate surface area is 122 Å². The minimum Gasteiger partial charge on any atom is -0.338 e. The largest absolute Gasteiger partial charge is 0.338 e. The second-order valence-corrected chi connectivity index (χ2v) is 5.25. The van der Waals surface area contributed by atoms with Crippen LogP contribution in [0.4, 0.5) is 5.95 Å². The van der Waals surface area contributed by atoms with E-state index in [9.17, 15) is 4.79 Å². The molecule has 0 aliphatic heterocycles. The number of nitrogens with one attached hydrogen (secondary N) is 2. The molecule has 3 rings (SSSR count). The third-order valence-electron chi connectivity index (χ3n) is 3.29. The monoisotopic (exact) mass is 283 g/mol. The summed E-state index contributed by atoms with van der Waals surface area (Å²) in [4.78, 5) is 16.3. The predicted octanol–water partition coefficient (Wildman–Crippen LogP) is 2.52. The van der Waals surface area contributed by atoms with Gasteiger partial charge in [0.1, 0.15) is 12.4 Å². The third-order valence-corrected chi connectivity index (χ3v) is 3.29. The smallest absolute Gasteiger partial charge is 0.248 e. The maximum Gasteiger partial charge on any atom is 0.248 e. The minimum atomic E-state index is -0.148. The molecule has 108 valence electrons. The highest BCUT2D eigenvalue weighted by Gasteiger charge is 2.11. The fraction of sp³-hybridized carbons (Fsp3) is 0.267. The molecule has 0 saturated heterocycles. The van der Waals surface area contributed by atoms with E-state index < -0.39 is 0 Å². The summed E-state index contributed by atoms with van der Waals surface area (Å²) in [6, 6.07) is 9.95. The second kappa shape index (κ2) is 5.40. The van der Waals surface area contributed by atoms with E-state index in [0.717, 1.165) is 16.7 Å². The highest BCUT2D eigenvalue weighted by molar-refractivity contribution is 5.90. The number of hydrogen-bond acceptors (Lipinski definition) is 3. The van der Waals surface area contributed by atoms with Gasteiger partial charge in [-0.05, 0) is 17.5 Å². The molecule has 0 radical (unpaired) electrons. The molecule has 2 aromatic heterocycles. The van der Waals surface area contributed by atoms with Crippen LogP contribution >= 0.6 is 0 Å². The Balaban J connectivity index is 1.71. The van der Waals surface area contributed by atoms with E-state index in [1.54, 1.807) is 0 Å². The predicted molar refractivity (Wildman–Crippen MR) is 81.0 cm³/mol. The Morgan fingerprint density at radius 3 is 2.90 bits per heavy atom. The van der Waals surface area contributed by atoms with Gasteiger partial charge in [0.15, 0.2) is 0 Å². The summed E-state index contributed by atoms with van der Waals surface area (Å²) in [7, 11) is 0. The number of nitrogens with zero attached hydrogens (tertiary/aromatic N) is 3. The van der Waals surface area contributed by atoms with Gasteiger partial charge in [0.05, 0.1) is 0 Å².